The average Bonchev–Trinajstić information content (AvgIpc) is 2.48. The molecule has 1 spiro atoms. The van der Waals surface area contributed by atoms with Gasteiger partial charge in [0, 0.05) is 13.1 Å². The molecule has 3 heteroatoms. The summed E-state index contributed by atoms with van der Waals surface area (Å²) in [6.07, 6.45) is 4.92. The molecule has 1 heterocycles. The largest absolute Gasteiger partial charge is 0.369 e. The Bertz CT molecular complexity index is 241. The van der Waals surface area contributed by atoms with Crippen molar-refractivity contribution >= 4 is 5.91 Å². The zero-order valence-corrected chi connectivity index (χ0v) is 8.88. The van der Waals surface area contributed by atoms with Gasteiger partial charge < -0.3 is 11.1 Å². The minimum atomic E-state index is -0.107. The molecule has 2 fully saturated rings. The first-order valence-corrected chi connectivity index (χ1v) is 5.64. The van der Waals surface area contributed by atoms with Crippen molar-refractivity contribution in [1.29, 1.82) is 0 Å². The minimum absolute atomic E-state index is 0.0743. The molecule has 1 saturated heterocycles. The summed E-state index contributed by atoms with van der Waals surface area (Å²) in [5, 5.41) is 3.33. The lowest BCUT2D eigenvalue weighted by atomic mass is 9.64. The van der Waals surface area contributed by atoms with Crippen LogP contribution in [0.25, 0.3) is 0 Å². The molecule has 0 aromatic carbocycles. The van der Waals surface area contributed by atoms with Crippen molar-refractivity contribution in [2.24, 2.45) is 23.0 Å². The van der Waals surface area contributed by atoms with Crippen molar-refractivity contribution in [3.63, 3.8) is 0 Å². The van der Waals surface area contributed by atoms with Crippen LogP contribution in [0.15, 0.2) is 0 Å². The van der Waals surface area contributed by atoms with Crippen molar-refractivity contribution < 1.29 is 4.79 Å². The molecule has 0 bridgehead atoms. The molecule has 3 atom stereocenters. The Morgan fingerprint density at radius 3 is 3.00 bits per heavy atom. The molecule has 3 N–H and O–H groups in total. The second-order valence-corrected chi connectivity index (χ2v) is 5.15. The van der Waals surface area contributed by atoms with Crippen LogP contribution in [0.1, 0.15) is 32.6 Å². The fourth-order valence-electron chi connectivity index (χ4n) is 3.39. The molecule has 3 unspecified atom stereocenters. The number of nitrogens with two attached hydrogens (primary N) is 1. The van der Waals surface area contributed by atoms with Crippen LogP contribution in [-0.2, 0) is 4.79 Å². The first-order chi connectivity index (χ1) is 6.64. The number of nitrogens with one attached hydrogen (secondary N) is 1. The highest BCUT2D eigenvalue weighted by Gasteiger charge is 2.47. The van der Waals surface area contributed by atoms with E-state index in [1.54, 1.807) is 0 Å². The molecule has 1 amide bonds. The molecule has 1 aliphatic heterocycles. The second-order valence-electron chi connectivity index (χ2n) is 5.15. The number of hydrogen-bond acceptors (Lipinski definition) is 2. The third-order valence-electron chi connectivity index (χ3n) is 4.03. The van der Waals surface area contributed by atoms with Gasteiger partial charge in [0.1, 0.15) is 0 Å². The summed E-state index contributed by atoms with van der Waals surface area (Å²) >= 11 is 0. The molecule has 14 heavy (non-hydrogen) atoms. The van der Waals surface area contributed by atoms with Gasteiger partial charge in [-0.3, -0.25) is 4.79 Å². The van der Waals surface area contributed by atoms with E-state index in [-0.39, 0.29) is 17.2 Å². The van der Waals surface area contributed by atoms with Crippen LogP contribution >= 0.6 is 0 Å². The smallest absolute Gasteiger partial charge is 0.222 e. The van der Waals surface area contributed by atoms with Gasteiger partial charge in [-0.2, -0.15) is 0 Å². The van der Waals surface area contributed by atoms with Crippen LogP contribution in [0.5, 0.6) is 0 Å². The number of amides is 1. The zero-order chi connectivity index (χ0) is 10.2. The van der Waals surface area contributed by atoms with Gasteiger partial charge in [0.15, 0.2) is 0 Å². The van der Waals surface area contributed by atoms with Gasteiger partial charge in [-0.1, -0.05) is 19.8 Å². The highest BCUT2D eigenvalue weighted by Crippen LogP contribution is 2.46. The molecule has 2 rings (SSSR count). The highest BCUT2D eigenvalue weighted by molar-refractivity contribution is 5.78. The summed E-state index contributed by atoms with van der Waals surface area (Å²) in [5.74, 6) is 0.722. The molecular weight excluding hydrogens is 176 g/mol. The maximum Gasteiger partial charge on any atom is 0.222 e. The molecule has 0 aromatic rings. The van der Waals surface area contributed by atoms with E-state index in [9.17, 15) is 4.79 Å². The first-order valence-electron chi connectivity index (χ1n) is 5.64. The van der Waals surface area contributed by atoms with Crippen molar-refractivity contribution in [2.75, 3.05) is 13.1 Å². The van der Waals surface area contributed by atoms with E-state index in [1.165, 1.54) is 25.7 Å². The van der Waals surface area contributed by atoms with Crippen LogP contribution in [0.2, 0.25) is 0 Å². The van der Waals surface area contributed by atoms with Crippen LogP contribution < -0.4 is 11.1 Å². The van der Waals surface area contributed by atoms with Crippen molar-refractivity contribution in [3.05, 3.63) is 0 Å². The third-order valence-corrected chi connectivity index (χ3v) is 4.03. The lowest BCUT2D eigenvalue weighted by molar-refractivity contribution is -0.125. The summed E-state index contributed by atoms with van der Waals surface area (Å²) < 4.78 is 0. The Hall–Kier alpha value is -0.570. The molecule has 3 nitrogen and oxygen atoms in total. The maximum absolute atomic E-state index is 11.4. The van der Waals surface area contributed by atoms with Gasteiger partial charge >= 0.3 is 0 Å². The second kappa shape index (κ2) is 3.54. The van der Waals surface area contributed by atoms with E-state index in [4.69, 9.17) is 5.73 Å². The Kier molecular flexibility index (Phi) is 2.52. The quantitative estimate of drug-likeness (QED) is 0.654. The van der Waals surface area contributed by atoms with Crippen LogP contribution in [0, 0.1) is 17.3 Å². The van der Waals surface area contributed by atoms with E-state index in [0.717, 1.165) is 19.0 Å². The lowest BCUT2D eigenvalue weighted by Crippen LogP contribution is -2.41. The summed E-state index contributed by atoms with van der Waals surface area (Å²) in [4.78, 5) is 11.4. The summed E-state index contributed by atoms with van der Waals surface area (Å²) in [6, 6.07) is 0. The van der Waals surface area contributed by atoms with Gasteiger partial charge in [0.2, 0.25) is 5.91 Å². The predicted molar refractivity (Wildman–Crippen MR) is 55.6 cm³/mol. The van der Waals surface area contributed by atoms with Crippen LogP contribution in [0.3, 0.4) is 0 Å². The van der Waals surface area contributed by atoms with E-state index in [1.807, 2.05) is 0 Å². The summed E-state index contributed by atoms with van der Waals surface area (Å²) in [7, 11) is 0. The predicted octanol–water partition coefficient (Wildman–Crippen LogP) is 0.888. The topological polar surface area (TPSA) is 55.1 Å². The number of carbonyl (C=O) groups excluding carboxylic acids is 1. The Morgan fingerprint density at radius 1 is 1.57 bits per heavy atom. The zero-order valence-electron chi connectivity index (χ0n) is 8.88. The number of carbonyl (C=O) groups is 1. The minimum Gasteiger partial charge on any atom is -0.369 e. The van der Waals surface area contributed by atoms with Gasteiger partial charge in [-0.05, 0) is 24.2 Å². The van der Waals surface area contributed by atoms with Gasteiger partial charge in [0.05, 0.1) is 5.92 Å². The van der Waals surface area contributed by atoms with Crippen molar-refractivity contribution in [2.45, 2.75) is 32.6 Å². The molecule has 1 saturated carbocycles. The molecule has 1 aliphatic carbocycles. The third kappa shape index (κ3) is 1.54. The molecule has 80 valence electrons. The lowest BCUT2D eigenvalue weighted by Gasteiger charge is -2.39. The average molecular weight is 196 g/mol. The molecule has 2 aliphatic rings. The number of hydrogen-bond donors (Lipinski definition) is 2. The first kappa shape index (κ1) is 9.97. The SMILES string of the molecule is CC1CCCC2(CNCC2C(N)=O)C1. The number of rotatable bonds is 1. The van der Waals surface area contributed by atoms with Crippen LogP contribution in [0.4, 0.5) is 0 Å². The fraction of sp³-hybridized carbons (Fsp3) is 0.909. The van der Waals surface area contributed by atoms with Gasteiger partial charge in [-0.15, -0.1) is 0 Å². The van der Waals surface area contributed by atoms with E-state index >= 15 is 0 Å². The van der Waals surface area contributed by atoms with E-state index < -0.39 is 0 Å². The fourth-order valence-corrected chi connectivity index (χ4v) is 3.39. The van der Waals surface area contributed by atoms with Gasteiger partial charge in [0.25, 0.3) is 0 Å². The van der Waals surface area contributed by atoms with E-state index in [0.29, 0.717) is 0 Å². The molecular formula is C11H20N2O. The molecule has 0 radical (unpaired) electrons. The molecule has 0 aromatic heterocycles. The van der Waals surface area contributed by atoms with Crippen molar-refractivity contribution in [1.82, 2.24) is 5.32 Å². The summed E-state index contributed by atoms with van der Waals surface area (Å²) in [6.45, 7) is 4.07. The summed E-state index contributed by atoms with van der Waals surface area (Å²) in [5.41, 5.74) is 5.67. The van der Waals surface area contributed by atoms with Crippen LogP contribution in [-0.4, -0.2) is 19.0 Å². The van der Waals surface area contributed by atoms with Crippen molar-refractivity contribution in [3.8, 4) is 0 Å². The van der Waals surface area contributed by atoms with Gasteiger partial charge in [-0.25, -0.2) is 0 Å². The highest BCUT2D eigenvalue weighted by atomic mass is 16.1. The maximum atomic E-state index is 11.4. The normalized spacial score (nSPS) is 42.9. The standard InChI is InChI=1S/C11H20N2O/c1-8-3-2-4-11(5-8)7-13-6-9(11)10(12)14/h8-9,13H,2-7H2,1H3,(H2,12,14). The Labute approximate surface area is 85.4 Å². The number of primary amides is 1. The van der Waals surface area contributed by atoms with E-state index in [2.05, 4.69) is 12.2 Å². The Balaban J connectivity index is 2.16. The Morgan fingerprint density at radius 2 is 2.36 bits per heavy atom. The monoisotopic (exact) mass is 196 g/mol.